The van der Waals surface area contributed by atoms with E-state index in [0.29, 0.717) is 0 Å². The molecule has 11 aromatic carbocycles. The van der Waals surface area contributed by atoms with Gasteiger partial charge in [0.1, 0.15) is 0 Å². The van der Waals surface area contributed by atoms with Crippen LogP contribution in [0.25, 0.3) is 114 Å². The van der Waals surface area contributed by atoms with E-state index in [2.05, 4.69) is 264 Å². The van der Waals surface area contributed by atoms with E-state index < -0.39 is 0 Å². The van der Waals surface area contributed by atoms with Gasteiger partial charge in [0.15, 0.2) is 0 Å². The van der Waals surface area contributed by atoms with Gasteiger partial charge in [-0.1, -0.05) is 176 Å². The van der Waals surface area contributed by atoms with E-state index in [1.807, 2.05) is 11.3 Å². The molecule has 3 heteroatoms. The van der Waals surface area contributed by atoms with Crippen molar-refractivity contribution in [2.45, 2.75) is 0 Å². The Bertz CT molecular complexity index is 4070. The first-order valence-electron chi connectivity index (χ1n) is 23.7. The van der Waals surface area contributed by atoms with Gasteiger partial charge in [0, 0.05) is 53.4 Å². The minimum absolute atomic E-state index is 1.11. The first-order valence-corrected chi connectivity index (χ1v) is 24.5. The van der Waals surface area contributed by atoms with Crippen LogP contribution in [-0.2, 0) is 0 Å². The number of rotatable bonds is 6. The molecular formula is C66H42N2S. The summed E-state index contributed by atoms with van der Waals surface area (Å²) in [7, 11) is 0. The van der Waals surface area contributed by atoms with Crippen LogP contribution in [-0.4, -0.2) is 4.57 Å². The van der Waals surface area contributed by atoms with Crippen molar-refractivity contribution in [1.82, 2.24) is 4.57 Å². The quantitative estimate of drug-likeness (QED) is 0.161. The summed E-state index contributed by atoms with van der Waals surface area (Å²) in [6.45, 7) is 0. The van der Waals surface area contributed by atoms with E-state index >= 15 is 0 Å². The fraction of sp³-hybridized carbons (Fsp3) is 0. The Kier molecular flexibility index (Phi) is 9.11. The fourth-order valence-corrected chi connectivity index (χ4v) is 12.0. The number of benzene rings is 11. The minimum atomic E-state index is 1.11. The van der Waals surface area contributed by atoms with Gasteiger partial charge in [0.05, 0.1) is 22.4 Å². The third-order valence-corrected chi connectivity index (χ3v) is 15.2. The predicted octanol–water partition coefficient (Wildman–Crippen LogP) is 18.9. The van der Waals surface area contributed by atoms with Gasteiger partial charge in [0.2, 0.25) is 0 Å². The van der Waals surface area contributed by atoms with Gasteiger partial charge in [-0.05, 0) is 134 Å². The minimum Gasteiger partial charge on any atom is -0.307 e. The zero-order chi connectivity index (χ0) is 45.4. The Labute approximate surface area is 404 Å². The zero-order valence-electron chi connectivity index (χ0n) is 37.6. The SMILES string of the molecule is c1ccc(-c2cc(-c3ccccc3)cc(-c3ccc4c(c3)c3ccc5c(c3n4-c3cccc(-c4ccc6sc7ccccc7c6c4)c3)N(c3ccccc3)c3ccccc3-c3ccccc3-5)c2)cc1. The number of fused-ring (bicyclic) bond motifs is 12. The van der Waals surface area contributed by atoms with Crippen LogP contribution in [0.5, 0.6) is 0 Å². The van der Waals surface area contributed by atoms with Crippen molar-refractivity contribution in [3.8, 4) is 72.4 Å². The monoisotopic (exact) mass is 894 g/mol. The highest BCUT2D eigenvalue weighted by molar-refractivity contribution is 7.25. The molecule has 0 saturated heterocycles. The second-order valence-electron chi connectivity index (χ2n) is 18.0. The maximum Gasteiger partial charge on any atom is 0.0788 e. The van der Waals surface area contributed by atoms with Crippen molar-refractivity contribution in [2.24, 2.45) is 0 Å². The van der Waals surface area contributed by atoms with Crippen LogP contribution >= 0.6 is 11.3 Å². The molecule has 69 heavy (non-hydrogen) atoms. The van der Waals surface area contributed by atoms with Gasteiger partial charge in [-0.15, -0.1) is 11.3 Å². The van der Waals surface area contributed by atoms with E-state index in [-0.39, 0.29) is 0 Å². The summed E-state index contributed by atoms with van der Waals surface area (Å²) in [4.78, 5) is 2.51. The maximum absolute atomic E-state index is 2.54. The smallest absolute Gasteiger partial charge is 0.0788 e. The molecular weight excluding hydrogens is 853 g/mol. The van der Waals surface area contributed by atoms with E-state index in [0.717, 1.165) is 33.8 Å². The van der Waals surface area contributed by atoms with Gasteiger partial charge in [-0.25, -0.2) is 0 Å². The third kappa shape index (κ3) is 6.47. The first kappa shape index (κ1) is 39.4. The summed E-state index contributed by atoms with van der Waals surface area (Å²) in [5.74, 6) is 0. The Hall–Kier alpha value is -8.76. The summed E-state index contributed by atoms with van der Waals surface area (Å²) in [6.07, 6.45) is 0. The highest BCUT2D eigenvalue weighted by atomic mass is 32.1. The van der Waals surface area contributed by atoms with E-state index in [1.54, 1.807) is 0 Å². The fourth-order valence-electron chi connectivity index (χ4n) is 10.9. The second kappa shape index (κ2) is 16.0. The molecule has 1 aliphatic heterocycles. The Morgan fingerprint density at radius 2 is 0.812 bits per heavy atom. The van der Waals surface area contributed by atoms with E-state index in [4.69, 9.17) is 0 Å². The number of aromatic nitrogens is 1. The Morgan fingerprint density at radius 1 is 0.275 bits per heavy atom. The Balaban J connectivity index is 1.07. The summed E-state index contributed by atoms with van der Waals surface area (Å²) < 4.78 is 5.17. The highest BCUT2D eigenvalue weighted by Gasteiger charge is 2.30. The number of hydrogen-bond donors (Lipinski definition) is 0. The summed E-state index contributed by atoms with van der Waals surface area (Å²) in [6, 6.07) is 94.1. The molecule has 0 unspecified atom stereocenters. The lowest BCUT2D eigenvalue weighted by Crippen LogP contribution is -2.12. The van der Waals surface area contributed by atoms with Crippen LogP contribution in [0.4, 0.5) is 17.1 Å². The van der Waals surface area contributed by atoms with Crippen LogP contribution in [0.1, 0.15) is 0 Å². The first-order chi connectivity index (χ1) is 34.2. The lowest BCUT2D eigenvalue weighted by atomic mass is 9.92. The molecule has 0 atom stereocenters. The van der Waals surface area contributed by atoms with Crippen molar-refractivity contribution < 1.29 is 0 Å². The number of nitrogens with zero attached hydrogens (tertiary/aromatic N) is 2. The van der Waals surface area contributed by atoms with Crippen LogP contribution < -0.4 is 4.90 Å². The molecule has 0 fully saturated rings. The van der Waals surface area contributed by atoms with Crippen LogP contribution in [0.15, 0.2) is 255 Å². The van der Waals surface area contributed by atoms with Crippen molar-refractivity contribution in [3.63, 3.8) is 0 Å². The van der Waals surface area contributed by atoms with Crippen LogP contribution in [0.3, 0.4) is 0 Å². The molecule has 0 radical (unpaired) electrons. The van der Waals surface area contributed by atoms with Crippen LogP contribution in [0, 0.1) is 0 Å². The molecule has 0 aliphatic carbocycles. The summed E-state index contributed by atoms with van der Waals surface area (Å²) in [5.41, 5.74) is 21.2. The lowest BCUT2D eigenvalue weighted by molar-refractivity contribution is 1.17. The number of anilines is 3. The largest absolute Gasteiger partial charge is 0.307 e. The zero-order valence-corrected chi connectivity index (χ0v) is 38.4. The number of hydrogen-bond acceptors (Lipinski definition) is 2. The van der Waals surface area contributed by atoms with Gasteiger partial charge >= 0.3 is 0 Å². The van der Waals surface area contributed by atoms with E-state index in [1.165, 1.54) is 97.7 Å². The molecule has 14 rings (SSSR count). The molecule has 2 aromatic heterocycles. The van der Waals surface area contributed by atoms with Gasteiger partial charge in [0.25, 0.3) is 0 Å². The highest BCUT2D eigenvalue weighted by Crippen LogP contribution is 2.55. The lowest BCUT2D eigenvalue weighted by Gasteiger charge is -2.28. The van der Waals surface area contributed by atoms with Gasteiger partial charge in [-0.3, -0.25) is 0 Å². The van der Waals surface area contributed by atoms with Crippen molar-refractivity contribution in [1.29, 1.82) is 0 Å². The molecule has 13 aromatic rings. The molecule has 1 aliphatic rings. The molecule has 0 amide bonds. The molecule has 0 saturated carbocycles. The topological polar surface area (TPSA) is 8.17 Å². The average molecular weight is 895 g/mol. The normalized spacial score (nSPS) is 12.0. The van der Waals surface area contributed by atoms with Crippen molar-refractivity contribution >= 4 is 70.4 Å². The maximum atomic E-state index is 2.54. The van der Waals surface area contributed by atoms with Crippen LogP contribution in [0.2, 0.25) is 0 Å². The third-order valence-electron chi connectivity index (χ3n) is 14.1. The van der Waals surface area contributed by atoms with Crippen molar-refractivity contribution in [2.75, 3.05) is 4.90 Å². The van der Waals surface area contributed by atoms with Crippen molar-refractivity contribution in [3.05, 3.63) is 255 Å². The average Bonchev–Trinajstić information content (AvgIpc) is 3.93. The molecule has 0 spiro atoms. The molecule has 3 heterocycles. The van der Waals surface area contributed by atoms with E-state index in [9.17, 15) is 0 Å². The van der Waals surface area contributed by atoms with Gasteiger partial charge < -0.3 is 9.47 Å². The number of para-hydroxylation sites is 2. The predicted molar refractivity (Wildman–Crippen MR) is 295 cm³/mol. The molecule has 0 bridgehead atoms. The van der Waals surface area contributed by atoms with Gasteiger partial charge in [-0.2, -0.15) is 0 Å². The number of thiophene rings is 1. The standard InChI is InChI=1S/C66H42N2S/c1-4-17-43(18-5-1)48-37-49(44-19-6-2-7-20-44)39-50(38-48)47-31-35-62-59(41-47)58-34-33-57-54-26-11-10-25-53(54)55-27-12-14-29-61(55)67(51-22-8-3-9-23-51)65(57)66(58)68(62)52-24-16-21-45(40-52)46-32-36-64-60(42-46)56-28-13-15-30-63(56)69-64/h1-42H. The second-order valence-corrected chi connectivity index (χ2v) is 19.1. The molecule has 2 nitrogen and oxygen atoms in total. The summed E-state index contributed by atoms with van der Waals surface area (Å²) in [5, 5.41) is 5.01. The Morgan fingerprint density at radius 3 is 1.57 bits per heavy atom. The molecule has 322 valence electrons. The molecule has 0 N–H and O–H groups in total. The summed E-state index contributed by atoms with van der Waals surface area (Å²) >= 11 is 1.86.